The van der Waals surface area contributed by atoms with Crippen molar-refractivity contribution in [1.29, 1.82) is 0 Å². The van der Waals surface area contributed by atoms with Crippen LogP contribution in [0.2, 0.25) is 0 Å². The summed E-state index contributed by atoms with van der Waals surface area (Å²) < 4.78 is 34.4. The number of aromatic nitrogens is 5. The fourth-order valence-corrected chi connectivity index (χ4v) is 2.87. The van der Waals surface area contributed by atoms with E-state index in [9.17, 15) is 13.6 Å². The fraction of sp³-hybridized carbons (Fsp3) is 0.190. The standard InChI is InChI=1S/C21H19F2N7O2/c1-21(2,23)20(31)26-16-10-25-19(27-18(16)24)15-9-17(14-7-8-32-29-14)30(28-15)11-12-5-3-4-6-13(12)22/h3-10H,11H2,1-2H3,(H,26,31)(H2,24,25,27). The number of anilines is 2. The Labute approximate surface area is 181 Å². The molecule has 9 nitrogen and oxygen atoms in total. The predicted octanol–water partition coefficient (Wildman–Crippen LogP) is 3.45. The average Bonchev–Trinajstić information content (AvgIpc) is 3.40. The summed E-state index contributed by atoms with van der Waals surface area (Å²) in [6.07, 6.45) is 2.68. The number of rotatable bonds is 6. The average molecular weight is 439 g/mol. The predicted molar refractivity (Wildman–Crippen MR) is 112 cm³/mol. The highest BCUT2D eigenvalue weighted by atomic mass is 19.1. The Morgan fingerprint density at radius 1 is 1.25 bits per heavy atom. The quantitative estimate of drug-likeness (QED) is 0.471. The molecular formula is C21H19F2N7O2. The molecule has 4 rings (SSSR count). The van der Waals surface area contributed by atoms with Crippen LogP contribution in [-0.2, 0) is 11.3 Å². The number of amides is 1. The van der Waals surface area contributed by atoms with Crippen molar-refractivity contribution in [1.82, 2.24) is 24.9 Å². The maximum Gasteiger partial charge on any atom is 0.261 e. The molecule has 0 saturated heterocycles. The molecule has 3 aromatic heterocycles. The van der Waals surface area contributed by atoms with Crippen LogP contribution in [0.5, 0.6) is 0 Å². The molecule has 0 radical (unpaired) electrons. The maximum atomic E-state index is 14.2. The zero-order valence-corrected chi connectivity index (χ0v) is 17.2. The first kappa shape index (κ1) is 21.1. The van der Waals surface area contributed by atoms with Crippen molar-refractivity contribution in [2.75, 3.05) is 11.1 Å². The van der Waals surface area contributed by atoms with E-state index in [2.05, 4.69) is 25.5 Å². The Kier molecular flexibility index (Phi) is 5.39. The summed E-state index contributed by atoms with van der Waals surface area (Å²) >= 11 is 0. The highest BCUT2D eigenvalue weighted by Crippen LogP contribution is 2.27. The van der Waals surface area contributed by atoms with Gasteiger partial charge in [-0.1, -0.05) is 23.4 Å². The van der Waals surface area contributed by atoms with Gasteiger partial charge >= 0.3 is 0 Å². The molecule has 0 unspecified atom stereocenters. The molecule has 32 heavy (non-hydrogen) atoms. The van der Waals surface area contributed by atoms with E-state index in [4.69, 9.17) is 10.3 Å². The Bertz CT molecular complexity index is 1260. The zero-order chi connectivity index (χ0) is 22.9. The van der Waals surface area contributed by atoms with Crippen LogP contribution in [0, 0.1) is 5.82 Å². The largest absolute Gasteiger partial charge is 0.382 e. The highest BCUT2D eigenvalue weighted by Gasteiger charge is 2.27. The SMILES string of the molecule is CC(C)(F)C(=O)Nc1cnc(-c2cc(-c3ccon3)n(Cc3ccccc3F)n2)nc1N. The van der Waals surface area contributed by atoms with Crippen LogP contribution in [-0.4, -0.2) is 36.5 Å². The van der Waals surface area contributed by atoms with Crippen molar-refractivity contribution in [3.05, 3.63) is 60.2 Å². The molecule has 0 bridgehead atoms. The van der Waals surface area contributed by atoms with Crippen LogP contribution < -0.4 is 11.1 Å². The van der Waals surface area contributed by atoms with Gasteiger partial charge in [-0.3, -0.25) is 9.48 Å². The first-order valence-electron chi connectivity index (χ1n) is 9.57. The molecule has 164 valence electrons. The van der Waals surface area contributed by atoms with E-state index in [1.54, 1.807) is 35.0 Å². The van der Waals surface area contributed by atoms with Gasteiger partial charge in [-0.15, -0.1) is 0 Å². The van der Waals surface area contributed by atoms with Crippen LogP contribution in [0.25, 0.3) is 22.9 Å². The number of nitrogens with one attached hydrogen (secondary N) is 1. The number of nitrogens with zero attached hydrogens (tertiary/aromatic N) is 5. The first-order valence-corrected chi connectivity index (χ1v) is 9.57. The molecule has 1 amide bonds. The molecule has 3 heterocycles. The number of carbonyl (C=O) groups is 1. The van der Waals surface area contributed by atoms with Gasteiger partial charge in [-0.05, 0) is 26.0 Å². The Balaban J connectivity index is 1.69. The van der Waals surface area contributed by atoms with Crippen molar-refractivity contribution in [3.63, 3.8) is 0 Å². The number of alkyl halides is 1. The van der Waals surface area contributed by atoms with E-state index < -0.39 is 11.6 Å². The summed E-state index contributed by atoms with van der Waals surface area (Å²) in [4.78, 5) is 20.2. The molecule has 0 spiro atoms. The van der Waals surface area contributed by atoms with Crippen molar-refractivity contribution in [2.45, 2.75) is 26.1 Å². The summed E-state index contributed by atoms with van der Waals surface area (Å²) in [6.45, 7) is 2.38. The van der Waals surface area contributed by atoms with Gasteiger partial charge in [0.15, 0.2) is 17.3 Å². The molecule has 11 heteroatoms. The highest BCUT2D eigenvalue weighted by molar-refractivity contribution is 5.98. The van der Waals surface area contributed by atoms with E-state index in [0.29, 0.717) is 22.6 Å². The third-order valence-electron chi connectivity index (χ3n) is 4.59. The fourth-order valence-electron chi connectivity index (χ4n) is 2.87. The first-order chi connectivity index (χ1) is 15.2. The number of halogens is 2. The molecule has 3 N–H and O–H groups in total. The summed E-state index contributed by atoms with van der Waals surface area (Å²) in [7, 11) is 0. The number of nitrogens with two attached hydrogens (primary N) is 1. The van der Waals surface area contributed by atoms with E-state index >= 15 is 0 Å². The second-order valence-corrected chi connectivity index (χ2v) is 7.47. The van der Waals surface area contributed by atoms with Crippen LogP contribution in [0.4, 0.5) is 20.3 Å². The molecule has 0 aliphatic heterocycles. The van der Waals surface area contributed by atoms with E-state index in [1.165, 1.54) is 18.5 Å². The topological polar surface area (TPSA) is 125 Å². The Morgan fingerprint density at radius 3 is 2.69 bits per heavy atom. The molecule has 4 aromatic rings. The lowest BCUT2D eigenvalue weighted by Crippen LogP contribution is -2.32. The van der Waals surface area contributed by atoms with Crippen LogP contribution in [0.3, 0.4) is 0 Å². The van der Waals surface area contributed by atoms with Gasteiger partial charge in [0.05, 0.1) is 18.4 Å². The molecule has 0 aliphatic rings. The monoisotopic (exact) mass is 439 g/mol. The Hall–Kier alpha value is -4.15. The molecule has 0 atom stereocenters. The van der Waals surface area contributed by atoms with Gasteiger partial charge in [0, 0.05) is 11.6 Å². The normalized spacial score (nSPS) is 11.5. The van der Waals surface area contributed by atoms with Gasteiger partial charge in [0.2, 0.25) is 0 Å². The number of nitrogen functional groups attached to an aromatic ring is 1. The number of hydrogen-bond donors (Lipinski definition) is 2. The lowest BCUT2D eigenvalue weighted by molar-refractivity contribution is -0.125. The third-order valence-corrected chi connectivity index (χ3v) is 4.59. The van der Waals surface area contributed by atoms with E-state index in [-0.39, 0.29) is 29.7 Å². The van der Waals surface area contributed by atoms with Gasteiger partial charge in [0.1, 0.15) is 29.2 Å². The van der Waals surface area contributed by atoms with E-state index in [1.807, 2.05) is 0 Å². The van der Waals surface area contributed by atoms with Crippen molar-refractivity contribution in [2.24, 2.45) is 0 Å². The summed E-state index contributed by atoms with van der Waals surface area (Å²) in [6, 6.07) is 9.66. The van der Waals surface area contributed by atoms with Crippen molar-refractivity contribution < 1.29 is 18.1 Å². The molecular weight excluding hydrogens is 420 g/mol. The maximum absolute atomic E-state index is 14.2. The Morgan fingerprint density at radius 2 is 2.03 bits per heavy atom. The second-order valence-electron chi connectivity index (χ2n) is 7.47. The van der Waals surface area contributed by atoms with Crippen LogP contribution in [0.1, 0.15) is 19.4 Å². The second kappa shape index (κ2) is 8.17. The summed E-state index contributed by atoms with van der Waals surface area (Å²) in [5.41, 5.74) is 5.73. The minimum Gasteiger partial charge on any atom is -0.382 e. The summed E-state index contributed by atoms with van der Waals surface area (Å²) in [5.74, 6) is -1.13. The van der Waals surface area contributed by atoms with E-state index in [0.717, 1.165) is 13.8 Å². The smallest absolute Gasteiger partial charge is 0.261 e. The van der Waals surface area contributed by atoms with Crippen LogP contribution >= 0.6 is 0 Å². The molecule has 0 fully saturated rings. The number of benzene rings is 1. The molecule has 0 aliphatic carbocycles. The molecule has 0 saturated carbocycles. The van der Waals surface area contributed by atoms with Crippen molar-refractivity contribution >= 4 is 17.4 Å². The number of carbonyl (C=O) groups excluding carboxylic acids is 1. The lowest BCUT2D eigenvalue weighted by Gasteiger charge is -2.14. The van der Waals surface area contributed by atoms with Gasteiger partial charge in [0.25, 0.3) is 5.91 Å². The third kappa shape index (κ3) is 4.31. The van der Waals surface area contributed by atoms with Gasteiger partial charge in [-0.25, -0.2) is 18.7 Å². The summed E-state index contributed by atoms with van der Waals surface area (Å²) in [5, 5.41) is 10.8. The van der Waals surface area contributed by atoms with Crippen molar-refractivity contribution in [3.8, 4) is 22.9 Å². The zero-order valence-electron chi connectivity index (χ0n) is 17.2. The number of hydrogen-bond acceptors (Lipinski definition) is 7. The lowest BCUT2D eigenvalue weighted by atomic mass is 10.1. The molecule has 1 aromatic carbocycles. The van der Waals surface area contributed by atoms with Gasteiger partial charge in [-0.2, -0.15) is 5.10 Å². The minimum absolute atomic E-state index is 0.0563. The van der Waals surface area contributed by atoms with Crippen LogP contribution in [0.15, 0.2) is 53.4 Å². The van der Waals surface area contributed by atoms with Gasteiger partial charge < -0.3 is 15.6 Å². The minimum atomic E-state index is -2.09.